The molecule has 5 aromatic heterocycles. The summed E-state index contributed by atoms with van der Waals surface area (Å²) in [6.45, 7) is 36.8. The van der Waals surface area contributed by atoms with Gasteiger partial charge in [-0.3, -0.25) is 9.59 Å². The molecule has 0 aliphatic carbocycles. The van der Waals surface area contributed by atoms with Crippen molar-refractivity contribution in [2.75, 3.05) is 94.5 Å². The zero-order valence-corrected chi connectivity index (χ0v) is 64.7. The van der Waals surface area contributed by atoms with Crippen molar-refractivity contribution in [1.29, 1.82) is 0 Å². The molecule has 25 nitrogen and oxygen atoms in total. The molecule has 5 heterocycles. The highest BCUT2D eigenvalue weighted by molar-refractivity contribution is 14.1. The Kier molecular flexibility index (Phi) is 41.9. The van der Waals surface area contributed by atoms with E-state index in [9.17, 15) is 9.59 Å². The molecule has 1 aromatic carbocycles. The van der Waals surface area contributed by atoms with E-state index in [4.69, 9.17) is 43.9 Å². The van der Waals surface area contributed by atoms with E-state index in [2.05, 4.69) is 158 Å². The molecule has 26 heteroatoms. The fraction of sp³-hybridized carbons (Fsp3) is 0.589. The number of anilines is 10. The molecule has 17 N–H and O–H groups in total. The number of nitrogen functional groups attached to an aromatic ring is 5. The van der Waals surface area contributed by atoms with Gasteiger partial charge >= 0.3 is 11.9 Å². The normalized spacial score (nSPS) is 10.7. The molecule has 0 amide bonds. The molecule has 0 radical (unpaired) electrons. The van der Waals surface area contributed by atoms with E-state index in [1.165, 1.54) is 12.0 Å². The van der Waals surface area contributed by atoms with Gasteiger partial charge in [-0.25, -0.2) is 24.9 Å². The highest BCUT2D eigenvalue weighted by atomic mass is 127. The van der Waals surface area contributed by atoms with E-state index in [-0.39, 0.29) is 24.3 Å². The molecule has 548 valence electrons. The van der Waals surface area contributed by atoms with Crippen LogP contribution in [0, 0.1) is 50.0 Å². The average molecular weight is 1480 g/mol. The lowest BCUT2D eigenvalue weighted by atomic mass is 10.0. The van der Waals surface area contributed by atoms with Gasteiger partial charge < -0.3 is 70.5 Å². The van der Waals surface area contributed by atoms with Crippen molar-refractivity contribution >= 4 is 93.4 Å². The van der Waals surface area contributed by atoms with Crippen LogP contribution in [0.1, 0.15) is 235 Å². The Bertz CT molecular complexity index is 3410. The molecule has 6 aromatic rings. The van der Waals surface area contributed by atoms with Crippen LogP contribution in [-0.2, 0) is 38.3 Å². The fourth-order valence-corrected chi connectivity index (χ4v) is 9.77. The third-order valence-electron chi connectivity index (χ3n) is 14.4. The molecular formula is C73H120IN21O4. The molecule has 0 aliphatic rings. The number of nitrogens with zero attached hydrogens (tertiary/aromatic N) is 10. The lowest BCUT2D eigenvalue weighted by molar-refractivity contribution is -0.155. The lowest BCUT2D eigenvalue weighted by Gasteiger charge is -2.19. The zero-order valence-electron chi connectivity index (χ0n) is 62.5. The molecule has 99 heavy (non-hydrogen) atoms. The highest BCUT2D eigenvalue weighted by Gasteiger charge is 2.19. The Morgan fingerprint density at radius 3 is 1.22 bits per heavy atom. The number of unbranched alkanes of at least 4 members (excludes halogenated alkanes) is 6. The van der Waals surface area contributed by atoms with E-state index in [1.807, 2.05) is 94.4 Å². The maximum absolute atomic E-state index is 11.7. The van der Waals surface area contributed by atoms with Gasteiger partial charge in [0.25, 0.3) is 0 Å². The SMILES string of the molecule is CCCCNc1nc(N)nc(C)c1C#CCCC(=O)OC(C)(C)C.CCCCNc1nc(N)nc(C)c1CCCCC(=O)OC(C)(C)C.CCCCNc1nc(N)nc(C)c1CCCN.CCCCNc1nc(N)nc(C)c1Cc1ccccc1.CCCCNc1nc(N)nc(C)c1I. The number of ether oxygens (including phenoxy) is 2. The Balaban J connectivity index is 0.000000426. The summed E-state index contributed by atoms with van der Waals surface area (Å²) in [6, 6.07) is 10.4. The number of rotatable bonds is 32. The molecule has 0 saturated carbocycles. The van der Waals surface area contributed by atoms with Gasteiger partial charge in [-0.05, 0) is 175 Å². The number of aromatic nitrogens is 10. The number of benzene rings is 1. The van der Waals surface area contributed by atoms with Crippen LogP contribution in [0.5, 0.6) is 0 Å². The van der Waals surface area contributed by atoms with Gasteiger partial charge in [0.1, 0.15) is 40.3 Å². The number of hydrogen-bond acceptors (Lipinski definition) is 25. The lowest BCUT2D eigenvalue weighted by Crippen LogP contribution is -2.23. The summed E-state index contributed by atoms with van der Waals surface area (Å²) in [6.07, 6.45) is 17.5. The van der Waals surface area contributed by atoms with Gasteiger partial charge in [0.05, 0.1) is 26.9 Å². The third kappa shape index (κ3) is 37.0. The van der Waals surface area contributed by atoms with Crippen LogP contribution in [0.4, 0.5) is 58.8 Å². The van der Waals surface area contributed by atoms with Gasteiger partial charge in [-0.2, -0.15) is 24.9 Å². The van der Waals surface area contributed by atoms with Gasteiger partial charge in [-0.1, -0.05) is 109 Å². The summed E-state index contributed by atoms with van der Waals surface area (Å²) in [5.41, 5.74) is 42.9. The van der Waals surface area contributed by atoms with Crippen LogP contribution in [0.15, 0.2) is 30.3 Å². The first-order valence-corrected chi connectivity index (χ1v) is 36.3. The molecule has 6 rings (SSSR count). The summed E-state index contributed by atoms with van der Waals surface area (Å²) in [7, 11) is 0. The summed E-state index contributed by atoms with van der Waals surface area (Å²) >= 11 is 2.23. The Morgan fingerprint density at radius 1 is 0.444 bits per heavy atom. The van der Waals surface area contributed by atoms with Crippen LogP contribution >= 0.6 is 22.6 Å². The van der Waals surface area contributed by atoms with E-state index in [0.717, 1.165) is 207 Å². The van der Waals surface area contributed by atoms with Crippen molar-refractivity contribution in [2.24, 2.45) is 5.73 Å². The Hall–Kier alpha value is -8.19. The Labute approximate surface area is 605 Å². The van der Waals surface area contributed by atoms with Crippen molar-refractivity contribution in [2.45, 2.75) is 244 Å². The summed E-state index contributed by atoms with van der Waals surface area (Å²) in [5.74, 6) is 11.2. The molecular weight excluding hydrogens is 1360 g/mol. The van der Waals surface area contributed by atoms with Gasteiger partial charge in [0, 0.05) is 85.8 Å². The van der Waals surface area contributed by atoms with Crippen LogP contribution in [0.2, 0.25) is 0 Å². The molecule has 0 bridgehead atoms. The summed E-state index contributed by atoms with van der Waals surface area (Å²) < 4.78 is 11.6. The van der Waals surface area contributed by atoms with Crippen LogP contribution in [0.25, 0.3) is 0 Å². The quantitative estimate of drug-likeness (QED) is 0.00808. The van der Waals surface area contributed by atoms with Crippen molar-refractivity contribution in [3.8, 4) is 11.8 Å². The molecule has 0 fully saturated rings. The van der Waals surface area contributed by atoms with E-state index < -0.39 is 11.2 Å². The first-order chi connectivity index (χ1) is 47.0. The number of carbonyl (C=O) groups is 2. The van der Waals surface area contributed by atoms with Crippen molar-refractivity contribution < 1.29 is 19.1 Å². The molecule has 0 unspecified atom stereocenters. The van der Waals surface area contributed by atoms with Crippen LogP contribution in [-0.4, -0.2) is 112 Å². The molecule has 0 atom stereocenters. The Morgan fingerprint density at radius 2 is 0.798 bits per heavy atom. The minimum Gasteiger partial charge on any atom is -0.460 e. The number of nitrogens with two attached hydrogens (primary N) is 6. The van der Waals surface area contributed by atoms with E-state index in [1.54, 1.807) is 0 Å². The summed E-state index contributed by atoms with van der Waals surface area (Å²) in [4.78, 5) is 65.8. The fourth-order valence-electron chi connectivity index (χ4n) is 9.34. The maximum Gasteiger partial charge on any atom is 0.307 e. The topological polar surface area (TPSA) is 398 Å². The summed E-state index contributed by atoms with van der Waals surface area (Å²) in [5, 5.41) is 16.6. The van der Waals surface area contributed by atoms with Gasteiger partial charge in [0.15, 0.2) is 0 Å². The van der Waals surface area contributed by atoms with Gasteiger partial charge in [0.2, 0.25) is 29.7 Å². The minimum atomic E-state index is -0.470. The van der Waals surface area contributed by atoms with Crippen molar-refractivity contribution in [3.05, 3.63) is 90.2 Å². The highest BCUT2D eigenvalue weighted by Crippen LogP contribution is 2.25. The van der Waals surface area contributed by atoms with Crippen LogP contribution < -0.4 is 61.0 Å². The molecule has 0 saturated heterocycles. The van der Waals surface area contributed by atoms with Gasteiger partial charge in [-0.15, -0.1) is 0 Å². The standard InChI is InChI=1S/C18H32N4O2.C18H28N4O2.C16H22N4.C12H23N5.C9H15IN4/c2*1-6-7-12-20-16-14(13(2)21-17(19)22-16)10-8-9-11-15(23)24-18(3,4)5;1-3-4-10-18-15-14(12(2)19-16(17)20-15)11-13-8-6-5-7-9-13;1-3-4-8-15-11-10(6-5-7-13)9(2)16-12(14)17-11;1-3-4-5-12-8-7(10)6(2)13-9(11)14-8/h6-12H2,1-5H3,(H3,19,20,21,22);6-7,9,11-12H2,1-5H3,(H3,19,20,21,22);5-9H,3-4,10-11H2,1-2H3,(H3,17,18,19,20);3-8,13H2,1-2H3,(H3,14,15,16,17);3-5H2,1-2H3,(H3,11,12,13,14). The second-order valence-electron chi connectivity index (χ2n) is 25.8. The monoisotopic (exact) mass is 1480 g/mol. The van der Waals surface area contributed by atoms with Crippen LogP contribution in [0.3, 0.4) is 0 Å². The second-order valence-corrected chi connectivity index (χ2v) is 26.9. The number of halogens is 1. The average Bonchev–Trinajstić information content (AvgIpc) is 0.867. The maximum atomic E-state index is 11.7. The first-order valence-electron chi connectivity index (χ1n) is 35.2. The van der Waals surface area contributed by atoms with Crippen molar-refractivity contribution in [3.63, 3.8) is 0 Å². The zero-order chi connectivity index (χ0) is 73.9. The predicted octanol–water partition coefficient (Wildman–Crippen LogP) is 13.5. The predicted molar refractivity (Wildman–Crippen MR) is 418 cm³/mol. The second kappa shape index (κ2) is 47.7. The first kappa shape index (κ1) is 86.9. The number of carbonyl (C=O) groups excluding carboxylic acids is 2. The minimum absolute atomic E-state index is 0.144. The molecule has 0 aliphatic heterocycles. The number of hydrogen-bond donors (Lipinski definition) is 11. The molecule has 0 spiro atoms. The van der Waals surface area contributed by atoms with E-state index in [0.29, 0.717) is 49.0 Å². The largest absolute Gasteiger partial charge is 0.460 e. The van der Waals surface area contributed by atoms with E-state index >= 15 is 0 Å². The number of aryl methyl sites for hydroxylation is 5. The number of esters is 2. The smallest absolute Gasteiger partial charge is 0.307 e. The third-order valence-corrected chi connectivity index (χ3v) is 15.7. The number of nitrogens with one attached hydrogen (secondary N) is 5. The van der Waals surface area contributed by atoms with Crippen molar-refractivity contribution in [1.82, 2.24) is 49.8 Å².